The van der Waals surface area contributed by atoms with Crippen molar-refractivity contribution in [1.82, 2.24) is 0 Å². The molecule has 28 heavy (non-hydrogen) atoms. The Hall–Kier alpha value is -4.20. The number of aromatic hydroxyl groups is 2. The third-order valence-electron chi connectivity index (χ3n) is 4.48. The molecule has 0 radical (unpaired) electrons. The summed E-state index contributed by atoms with van der Waals surface area (Å²) in [6.45, 7) is 0. The summed E-state index contributed by atoms with van der Waals surface area (Å²) >= 11 is 0. The van der Waals surface area contributed by atoms with Gasteiger partial charge in [0.05, 0.1) is 10.6 Å². The number of benzene rings is 3. The third kappa shape index (κ3) is 2.64. The number of phenols is 2. The minimum absolute atomic E-state index is 0.00807. The Morgan fingerprint density at radius 2 is 1.32 bits per heavy atom. The SMILES string of the molecule is O=C1c2cc(O)c(Nc3ccccc3)cc2C(=O)c2cc([N+](=O)[O-])c(O)cc21. The predicted molar refractivity (Wildman–Crippen MR) is 99.5 cm³/mol. The number of hydrogen-bond acceptors (Lipinski definition) is 7. The highest BCUT2D eigenvalue weighted by Crippen LogP contribution is 2.39. The quantitative estimate of drug-likeness (QED) is 0.283. The van der Waals surface area contributed by atoms with Crippen molar-refractivity contribution >= 4 is 28.6 Å². The number of anilines is 2. The van der Waals surface area contributed by atoms with Gasteiger partial charge < -0.3 is 15.5 Å². The number of ketones is 2. The lowest BCUT2D eigenvalue weighted by Gasteiger charge is -2.19. The monoisotopic (exact) mass is 376 g/mol. The highest BCUT2D eigenvalue weighted by Gasteiger charge is 2.34. The Labute approximate surface area is 157 Å². The lowest BCUT2D eigenvalue weighted by atomic mass is 9.83. The predicted octanol–water partition coefficient (Wildman–Crippen LogP) is 3.53. The molecule has 3 N–H and O–H groups in total. The summed E-state index contributed by atoms with van der Waals surface area (Å²) in [7, 11) is 0. The standard InChI is InChI=1S/C20H12N2O6/c23-17-8-13-11(6-15(17)21-10-4-2-1-3-5-10)19(25)12-7-16(22(27)28)18(24)9-14(12)20(13)26/h1-9,21,23-24H. The van der Waals surface area contributed by atoms with Gasteiger partial charge in [-0.2, -0.15) is 0 Å². The van der Waals surface area contributed by atoms with Crippen molar-refractivity contribution in [2.45, 2.75) is 0 Å². The number of fused-ring (bicyclic) bond motifs is 2. The molecule has 0 saturated heterocycles. The summed E-state index contributed by atoms with van der Waals surface area (Å²) in [5, 5.41) is 34.1. The van der Waals surface area contributed by atoms with Gasteiger partial charge in [-0.1, -0.05) is 18.2 Å². The van der Waals surface area contributed by atoms with Gasteiger partial charge in [0.2, 0.25) is 0 Å². The number of nitro benzene ring substituents is 1. The number of nitrogens with zero attached hydrogens (tertiary/aromatic N) is 1. The van der Waals surface area contributed by atoms with Crippen molar-refractivity contribution in [2.24, 2.45) is 0 Å². The molecule has 0 aliphatic heterocycles. The van der Waals surface area contributed by atoms with Gasteiger partial charge in [-0.3, -0.25) is 19.7 Å². The Morgan fingerprint density at radius 1 is 0.786 bits per heavy atom. The number of carbonyl (C=O) groups excluding carboxylic acids is 2. The molecule has 3 aromatic rings. The first-order chi connectivity index (χ1) is 13.4. The minimum Gasteiger partial charge on any atom is -0.506 e. The maximum absolute atomic E-state index is 12.9. The third-order valence-corrected chi connectivity index (χ3v) is 4.48. The molecule has 0 unspecified atom stereocenters. The molecule has 3 aromatic carbocycles. The summed E-state index contributed by atoms with van der Waals surface area (Å²) in [6.07, 6.45) is 0. The Bertz CT molecular complexity index is 1170. The van der Waals surface area contributed by atoms with Crippen LogP contribution in [0, 0.1) is 10.1 Å². The van der Waals surface area contributed by atoms with Gasteiger partial charge in [-0.15, -0.1) is 0 Å². The van der Waals surface area contributed by atoms with Crippen molar-refractivity contribution < 1.29 is 24.7 Å². The summed E-state index contributed by atoms with van der Waals surface area (Å²) in [5.74, 6) is -2.17. The molecule has 138 valence electrons. The number of rotatable bonds is 3. The van der Waals surface area contributed by atoms with E-state index in [0.29, 0.717) is 5.69 Å². The number of para-hydroxylation sites is 1. The van der Waals surface area contributed by atoms with E-state index in [9.17, 15) is 29.9 Å². The average Bonchev–Trinajstić information content (AvgIpc) is 2.67. The fraction of sp³-hybridized carbons (Fsp3) is 0. The molecule has 0 amide bonds. The van der Waals surface area contributed by atoms with E-state index in [-0.39, 0.29) is 33.7 Å². The summed E-state index contributed by atoms with van der Waals surface area (Å²) in [5.41, 5.74) is -0.140. The second kappa shape index (κ2) is 6.20. The maximum atomic E-state index is 12.9. The van der Waals surface area contributed by atoms with Crippen LogP contribution in [0.25, 0.3) is 0 Å². The molecule has 4 rings (SSSR count). The molecule has 1 aliphatic carbocycles. The molecule has 0 spiro atoms. The topological polar surface area (TPSA) is 130 Å². The van der Waals surface area contributed by atoms with E-state index in [1.54, 1.807) is 24.3 Å². The molecule has 0 atom stereocenters. The fourth-order valence-corrected chi connectivity index (χ4v) is 3.13. The van der Waals surface area contributed by atoms with Gasteiger partial charge >= 0.3 is 5.69 Å². The molecule has 0 fully saturated rings. The molecule has 0 heterocycles. The van der Waals surface area contributed by atoms with Gasteiger partial charge in [0, 0.05) is 34.0 Å². The zero-order chi connectivity index (χ0) is 20.0. The van der Waals surface area contributed by atoms with Gasteiger partial charge in [0.25, 0.3) is 0 Å². The van der Waals surface area contributed by atoms with Gasteiger partial charge in [0.15, 0.2) is 17.3 Å². The van der Waals surface area contributed by atoms with Crippen molar-refractivity contribution in [3.63, 3.8) is 0 Å². The van der Waals surface area contributed by atoms with Crippen LogP contribution in [-0.2, 0) is 0 Å². The second-order valence-electron chi connectivity index (χ2n) is 6.21. The van der Waals surface area contributed by atoms with Gasteiger partial charge in [-0.05, 0) is 30.3 Å². The van der Waals surface area contributed by atoms with E-state index < -0.39 is 27.9 Å². The number of carbonyl (C=O) groups is 2. The van der Waals surface area contributed by atoms with Crippen LogP contribution in [0.4, 0.5) is 17.1 Å². The Morgan fingerprint density at radius 3 is 1.93 bits per heavy atom. The first kappa shape index (κ1) is 17.2. The summed E-state index contributed by atoms with van der Waals surface area (Å²) < 4.78 is 0. The molecular weight excluding hydrogens is 364 g/mol. The normalized spacial score (nSPS) is 12.3. The average molecular weight is 376 g/mol. The van der Waals surface area contributed by atoms with Crippen molar-refractivity contribution in [1.29, 1.82) is 0 Å². The van der Waals surface area contributed by atoms with Crippen molar-refractivity contribution in [2.75, 3.05) is 5.32 Å². The first-order valence-electron chi connectivity index (χ1n) is 8.16. The lowest BCUT2D eigenvalue weighted by Crippen LogP contribution is -2.21. The smallest absolute Gasteiger partial charge is 0.311 e. The van der Waals surface area contributed by atoms with Crippen LogP contribution in [0.2, 0.25) is 0 Å². The van der Waals surface area contributed by atoms with E-state index in [2.05, 4.69) is 5.32 Å². The molecule has 8 heteroatoms. The Kier molecular flexibility index (Phi) is 3.82. The van der Waals surface area contributed by atoms with Crippen LogP contribution >= 0.6 is 0 Å². The van der Waals surface area contributed by atoms with Crippen LogP contribution in [0.3, 0.4) is 0 Å². The number of hydrogen-bond donors (Lipinski definition) is 3. The highest BCUT2D eigenvalue weighted by atomic mass is 16.6. The van der Waals surface area contributed by atoms with Crippen LogP contribution < -0.4 is 5.32 Å². The Balaban J connectivity index is 1.84. The summed E-state index contributed by atoms with van der Waals surface area (Å²) in [4.78, 5) is 35.9. The molecule has 8 nitrogen and oxygen atoms in total. The summed E-state index contributed by atoms with van der Waals surface area (Å²) in [6, 6.07) is 13.2. The molecule has 0 saturated carbocycles. The largest absolute Gasteiger partial charge is 0.506 e. The van der Waals surface area contributed by atoms with Crippen molar-refractivity contribution in [3.8, 4) is 11.5 Å². The van der Waals surface area contributed by atoms with E-state index in [1.165, 1.54) is 12.1 Å². The highest BCUT2D eigenvalue weighted by molar-refractivity contribution is 6.29. The van der Waals surface area contributed by atoms with Crippen LogP contribution in [0.1, 0.15) is 31.8 Å². The zero-order valence-corrected chi connectivity index (χ0v) is 14.2. The van der Waals surface area contributed by atoms with Crippen LogP contribution in [-0.4, -0.2) is 26.7 Å². The van der Waals surface area contributed by atoms with Gasteiger partial charge in [-0.25, -0.2) is 0 Å². The van der Waals surface area contributed by atoms with Crippen LogP contribution in [0.15, 0.2) is 54.6 Å². The molecule has 0 aromatic heterocycles. The van der Waals surface area contributed by atoms with Gasteiger partial charge in [0.1, 0.15) is 5.75 Å². The first-order valence-corrected chi connectivity index (χ1v) is 8.16. The van der Waals surface area contributed by atoms with E-state index in [0.717, 1.165) is 12.1 Å². The second-order valence-corrected chi connectivity index (χ2v) is 6.21. The van der Waals surface area contributed by atoms with E-state index >= 15 is 0 Å². The molecule has 0 bridgehead atoms. The van der Waals surface area contributed by atoms with E-state index in [1.807, 2.05) is 6.07 Å². The zero-order valence-electron chi connectivity index (χ0n) is 14.2. The molecular formula is C20H12N2O6. The maximum Gasteiger partial charge on any atom is 0.311 e. The number of nitrogens with one attached hydrogen (secondary N) is 1. The number of phenolic OH excluding ortho intramolecular Hbond substituents is 2. The van der Waals surface area contributed by atoms with Crippen molar-refractivity contribution in [3.05, 3.63) is 87.0 Å². The fourth-order valence-electron chi connectivity index (χ4n) is 3.13. The van der Waals surface area contributed by atoms with E-state index in [4.69, 9.17) is 0 Å². The molecule has 1 aliphatic rings. The minimum atomic E-state index is -0.831. The van der Waals surface area contributed by atoms with Crippen LogP contribution in [0.5, 0.6) is 11.5 Å². The lowest BCUT2D eigenvalue weighted by molar-refractivity contribution is -0.385. The number of nitro groups is 1.